The Balaban J connectivity index is 1.53. The Morgan fingerprint density at radius 3 is 2.48 bits per heavy atom. The topological polar surface area (TPSA) is 63.7 Å². The van der Waals surface area contributed by atoms with E-state index in [1.165, 1.54) is 5.56 Å². The molecule has 2 fully saturated rings. The highest BCUT2D eigenvalue weighted by Crippen LogP contribution is 2.45. The molecule has 2 amide bonds. The van der Waals surface area contributed by atoms with E-state index in [2.05, 4.69) is 0 Å². The number of likely N-dealkylation sites (tertiary alicyclic amines) is 1. The van der Waals surface area contributed by atoms with Crippen molar-refractivity contribution in [2.75, 3.05) is 24.7 Å². The molecule has 0 radical (unpaired) electrons. The Morgan fingerprint density at radius 2 is 1.87 bits per heavy atom. The van der Waals surface area contributed by atoms with Gasteiger partial charge < -0.3 is 4.74 Å². The van der Waals surface area contributed by atoms with Crippen LogP contribution in [0.25, 0.3) is 0 Å². The number of thioether (sulfide) groups is 2. The summed E-state index contributed by atoms with van der Waals surface area (Å²) in [5.41, 5.74) is 1.61. The van der Waals surface area contributed by atoms with Crippen molar-refractivity contribution in [3.8, 4) is 0 Å². The molecule has 2 saturated heterocycles. The summed E-state index contributed by atoms with van der Waals surface area (Å²) in [6.07, 6.45) is 1.06. The van der Waals surface area contributed by atoms with Gasteiger partial charge in [0, 0.05) is 24.5 Å². The first-order valence-corrected chi connectivity index (χ1v) is 9.58. The molecule has 3 rings (SSSR count). The van der Waals surface area contributed by atoms with Gasteiger partial charge in [-0.3, -0.25) is 14.5 Å². The van der Waals surface area contributed by atoms with Gasteiger partial charge in [0.25, 0.3) is 5.91 Å². The molecule has 23 heavy (non-hydrogen) atoms. The lowest BCUT2D eigenvalue weighted by Gasteiger charge is -2.13. The molecule has 5 nitrogen and oxygen atoms in total. The number of hydrogen-bond acceptors (Lipinski definition) is 6. The van der Waals surface area contributed by atoms with Crippen LogP contribution in [0.2, 0.25) is 0 Å². The highest BCUT2D eigenvalue weighted by Gasteiger charge is 2.27. The van der Waals surface area contributed by atoms with Crippen LogP contribution >= 0.6 is 23.5 Å². The van der Waals surface area contributed by atoms with E-state index in [4.69, 9.17) is 4.74 Å². The second-order valence-corrected chi connectivity index (χ2v) is 8.04. The summed E-state index contributed by atoms with van der Waals surface area (Å²) in [5.74, 6) is 1.12. The van der Waals surface area contributed by atoms with Crippen molar-refractivity contribution in [3.63, 3.8) is 0 Å². The fourth-order valence-electron chi connectivity index (χ4n) is 2.53. The number of rotatable bonds is 4. The number of hydrogen-bond donors (Lipinski definition) is 0. The third kappa shape index (κ3) is 3.90. The first-order chi connectivity index (χ1) is 11.1. The zero-order valence-corrected chi connectivity index (χ0v) is 14.2. The minimum Gasteiger partial charge on any atom is -0.452 e. The predicted molar refractivity (Wildman–Crippen MR) is 90.3 cm³/mol. The lowest BCUT2D eigenvalue weighted by Crippen LogP contribution is -2.35. The van der Waals surface area contributed by atoms with Gasteiger partial charge in [-0.1, -0.05) is 12.1 Å². The van der Waals surface area contributed by atoms with E-state index in [0.717, 1.165) is 16.4 Å². The number of ether oxygens (including phenoxy) is 1. The molecule has 2 aliphatic rings. The number of imide groups is 1. The van der Waals surface area contributed by atoms with Crippen LogP contribution in [0.1, 0.15) is 33.3 Å². The zero-order valence-electron chi connectivity index (χ0n) is 12.5. The molecule has 2 aliphatic heterocycles. The fourth-order valence-corrected chi connectivity index (χ4v) is 5.39. The van der Waals surface area contributed by atoms with Crippen molar-refractivity contribution < 1.29 is 19.1 Å². The molecule has 0 saturated carbocycles. The lowest BCUT2D eigenvalue weighted by molar-refractivity contribution is -0.143. The molecular formula is C16H17NO4S2. The highest BCUT2D eigenvalue weighted by atomic mass is 32.2. The summed E-state index contributed by atoms with van der Waals surface area (Å²) >= 11 is 3.81. The van der Waals surface area contributed by atoms with E-state index < -0.39 is 11.9 Å². The van der Waals surface area contributed by atoms with Crippen LogP contribution in [0.5, 0.6) is 0 Å². The molecule has 0 aromatic heterocycles. The molecule has 0 unspecified atom stereocenters. The van der Waals surface area contributed by atoms with E-state index >= 15 is 0 Å². The third-order valence-corrected chi connectivity index (χ3v) is 6.85. The van der Waals surface area contributed by atoms with Crippen molar-refractivity contribution in [2.45, 2.75) is 17.4 Å². The van der Waals surface area contributed by atoms with Crippen LogP contribution in [0.3, 0.4) is 0 Å². The average Bonchev–Trinajstić information content (AvgIpc) is 3.24. The molecule has 122 valence electrons. The minimum atomic E-state index is -0.539. The number of esters is 1. The van der Waals surface area contributed by atoms with Gasteiger partial charge in [0.1, 0.15) is 0 Å². The molecule has 0 N–H and O–H groups in total. The van der Waals surface area contributed by atoms with E-state index in [9.17, 15) is 14.4 Å². The molecule has 0 spiro atoms. The van der Waals surface area contributed by atoms with E-state index in [-0.39, 0.29) is 12.5 Å². The number of nitrogens with zero attached hydrogens (tertiary/aromatic N) is 1. The van der Waals surface area contributed by atoms with Gasteiger partial charge in [0.15, 0.2) is 6.61 Å². The molecule has 1 aromatic rings. The van der Waals surface area contributed by atoms with Crippen molar-refractivity contribution >= 4 is 41.3 Å². The van der Waals surface area contributed by atoms with E-state index in [1.807, 2.05) is 35.7 Å². The average molecular weight is 351 g/mol. The Morgan fingerprint density at radius 1 is 1.17 bits per heavy atom. The number of benzene rings is 1. The van der Waals surface area contributed by atoms with Crippen molar-refractivity contribution in [1.82, 2.24) is 4.90 Å². The summed E-state index contributed by atoms with van der Waals surface area (Å²) in [6, 6.07) is 7.31. The Labute approximate surface area is 143 Å². The standard InChI is InChI=1S/C16H17NO4S2/c18-13-2-1-7-17(13)14(19)10-21-15(20)11-3-5-12(6-4-11)16-22-8-9-23-16/h3-6,16H,1-2,7-10H2. The minimum absolute atomic E-state index is 0.193. The second-order valence-electron chi connectivity index (χ2n) is 5.31. The SMILES string of the molecule is O=C(OCC(=O)N1CCCC1=O)c1ccc(C2SCCS2)cc1. The van der Waals surface area contributed by atoms with Crippen LogP contribution in [0.15, 0.2) is 24.3 Å². The van der Waals surface area contributed by atoms with Crippen molar-refractivity contribution in [1.29, 1.82) is 0 Å². The Kier molecular flexibility index (Phi) is 5.27. The summed E-state index contributed by atoms with van der Waals surface area (Å²) in [7, 11) is 0. The normalized spacial score (nSPS) is 18.4. The molecule has 1 aromatic carbocycles. The van der Waals surface area contributed by atoms with Crippen LogP contribution in [-0.4, -0.2) is 47.3 Å². The lowest BCUT2D eigenvalue weighted by atomic mass is 10.1. The first kappa shape index (κ1) is 16.4. The number of carbonyl (C=O) groups is 3. The maximum Gasteiger partial charge on any atom is 0.338 e. The fraction of sp³-hybridized carbons (Fsp3) is 0.438. The molecule has 0 bridgehead atoms. The molecule has 0 aliphatic carbocycles. The summed E-state index contributed by atoms with van der Waals surface area (Å²) in [5, 5.41) is 0. The van der Waals surface area contributed by atoms with Crippen LogP contribution in [0.4, 0.5) is 0 Å². The van der Waals surface area contributed by atoms with Crippen LogP contribution in [-0.2, 0) is 14.3 Å². The highest BCUT2D eigenvalue weighted by molar-refractivity contribution is 8.19. The zero-order chi connectivity index (χ0) is 16.2. The monoisotopic (exact) mass is 351 g/mol. The first-order valence-electron chi connectivity index (χ1n) is 7.48. The molecule has 2 heterocycles. The summed E-state index contributed by atoms with van der Waals surface area (Å²) < 4.78 is 5.46. The maximum atomic E-state index is 12.0. The van der Waals surface area contributed by atoms with Gasteiger partial charge in [-0.25, -0.2) is 4.79 Å². The maximum absolute atomic E-state index is 12.0. The van der Waals surface area contributed by atoms with Gasteiger partial charge in [-0.2, -0.15) is 0 Å². The van der Waals surface area contributed by atoms with Gasteiger partial charge in [0.05, 0.1) is 10.1 Å². The van der Waals surface area contributed by atoms with E-state index in [1.54, 1.807) is 12.1 Å². The largest absolute Gasteiger partial charge is 0.452 e. The van der Waals surface area contributed by atoms with Gasteiger partial charge >= 0.3 is 5.97 Å². The van der Waals surface area contributed by atoms with Gasteiger partial charge in [0.2, 0.25) is 5.91 Å². The van der Waals surface area contributed by atoms with Crippen LogP contribution in [0, 0.1) is 0 Å². The second kappa shape index (κ2) is 7.40. The molecular weight excluding hydrogens is 334 g/mol. The molecule has 7 heteroatoms. The third-order valence-electron chi connectivity index (χ3n) is 3.74. The van der Waals surface area contributed by atoms with Crippen LogP contribution < -0.4 is 0 Å². The Bertz CT molecular complexity index is 611. The van der Waals surface area contributed by atoms with Gasteiger partial charge in [-0.15, -0.1) is 23.5 Å². The number of carbonyl (C=O) groups excluding carboxylic acids is 3. The Hall–Kier alpha value is -1.47. The van der Waals surface area contributed by atoms with E-state index in [0.29, 0.717) is 29.5 Å². The molecule has 0 atom stereocenters. The quantitative estimate of drug-likeness (QED) is 0.777. The van der Waals surface area contributed by atoms with Crippen molar-refractivity contribution in [3.05, 3.63) is 35.4 Å². The smallest absolute Gasteiger partial charge is 0.338 e. The summed E-state index contributed by atoms with van der Waals surface area (Å²) in [4.78, 5) is 36.4. The summed E-state index contributed by atoms with van der Waals surface area (Å²) in [6.45, 7) is 0.0291. The van der Waals surface area contributed by atoms with Crippen molar-refractivity contribution in [2.24, 2.45) is 0 Å². The van der Waals surface area contributed by atoms with Gasteiger partial charge in [-0.05, 0) is 24.1 Å². The predicted octanol–water partition coefficient (Wildman–Crippen LogP) is 2.47. The number of amides is 2.